The molecule has 0 saturated carbocycles. The highest BCUT2D eigenvalue weighted by molar-refractivity contribution is 5.72. The van der Waals surface area contributed by atoms with E-state index in [-0.39, 0.29) is 0 Å². The molecule has 0 radical (unpaired) electrons. The van der Waals surface area contributed by atoms with E-state index in [2.05, 4.69) is 34.0 Å². The Kier molecular flexibility index (Phi) is 1.53. The van der Waals surface area contributed by atoms with Gasteiger partial charge < -0.3 is 0 Å². The van der Waals surface area contributed by atoms with E-state index in [1.807, 2.05) is 0 Å². The summed E-state index contributed by atoms with van der Waals surface area (Å²) >= 11 is 0. The number of nitrogens with zero attached hydrogens (tertiary/aromatic N) is 3. The summed E-state index contributed by atoms with van der Waals surface area (Å²) in [4.78, 5) is 8.51. The van der Waals surface area contributed by atoms with Crippen molar-refractivity contribution in [3.05, 3.63) is 18.2 Å². The standard InChI is InChI=1S/C8H10N4/c1-5(2)7-9-3-6-4-10-12-8(6)11-7/h3-5H,1-2H3,(H,9,10,11,12). The van der Waals surface area contributed by atoms with Crippen LogP contribution >= 0.6 is 0 Å². The molecule has 4 nitrogen and oxygen atoms in total. The number of hydrogen-bond donors (Lipinski definition) is 1. The second-order valence-corrected chi connectivity index (χ2v) is 3.06. The zero-order valence-corrected chi connectivity index (χ0v) is 7.07. The topological polar surface area (TPSA) is 54.5 Å². The largest absolute Gasteiger partial charge is 0.261 e. The average molecular weight is 162 g/mol. The van der Waals surface area contributed by atoms with Crippen LogP contribution in [0.4, 0.5) is 0 Å². The molecule has 0 atom stereocenters. The van der Waals surface area contributed by atoms with Crippen LogP contribution in [0, 0.1) is 0 Å². The van der Waals surface area contributed by atoms with Crippen LogP contribution in [0.15, 0.2) is 12.4 Å². The Bertz CT molecular complexity index is 391. The number of fused-ring (bicyclic) bond motifs is 1. The van der Waals surface area contributed by atoms with Gasteiger partial charge >= 0.3 is 0 Å². The number of H-pyrrole nitrogens is 1. The van der Waals surface area contributed by atoms with Crippen molar-refractivity contribution in [2.45, 2.75) is 19.8 Å². The predicted octanol–water partition coefficient (Wildman–Crippen LogP) is 1.48. The minimum atomic E-state index is 0.359. The fraction of sp³-hybridized carbons (Fsp3) is 0.375. The first-order valence-electron chi connectivity index (χ1n) is 3.93. The summed E-state index contributed by atoms with van der Waals surface area (Å²) in [5, 5.41) is 7.65. The molecular formula is C8H10N4. The lowest BCUT2D eigenvalue weighted by Gasteiger charge is -2.00. The number of aromatic amines is 1. The molecule has 4 heteroatoms. The van der Waals surface area contributed by atoms with E-state index in [0.717, 1.165) is 16.9 Å². The van der Waals surface area contributed by atoms with Gasteiger partial charge in [-0.15, -0.1) is 0 Å². The first-order valence-corrected chi connectivity index (χ1v) is 3.93. The van der Waals surface area contributed by atoms with Gasteiger partial charge in [0.15, 0.2) is 5.65 Å². The lowest BCUT2D eigenvalue weighted by Crippen LogP contribution is -1.96. The third kappa shape index (κ3) is 1.05. The van der Waals surface area contributed by atoms with Crippen LogP contribution < -0.4 is 0 Å². The van der Waals surface area contributed by atoms with Gasteiger partial charge in [0.05, 0.1) is 11.6 Å². The van der Waals surface area contributed by atoms with Gasteiger partial charge in [0.2, 0.25) is 0 Å². The molecular weight excluding hydrogens is 152 g/mol. The normalized spacial score (nSPS) is 11.2. The Morgan fingerprint density at radius 2 is 2.17 bits per heavy atom. The molecule has 0 fully saturated rings. The summed E-state index contributed by atoms with van der Waals surface area (Å²) in [6, 6.07) is 0. The molecule has 2 rings (SSSR count). The molecule has 0 aliphatic carbocycles. The molecule has 0 amide bonds. The van der Waals surface area contributed by atoms with Gasteiger partial charge in [0.1, 0.15) is 5.82 Å². The van der Waals surface area contributed by atoms with Crippen molar-refractivity contribution >= 4 is 11.0 Å². The molecule has 62 valence electrons. The molecule has 0 bridgehead atoms. The van der Waals surface area contributed by atoms with E-state index in [1.54, 1.807) is 12.4 Å². The second-order valence-electron chi connectivity index (χ2n) is 3.06. The maximum atomic E-state index is 4.31. The third-order valence-electron chi connectivity index (χ3n) is 1.73. The highest BCUT2D eigenvalue weighted by atomic mass is 15.1. The molecule has 0 aliphatic rings. The number of aromatic nitrogens is 4. The Labute approximate surface area is 70.0 Å². The molecule has 0 aromatic carbocycles. The number of rotatable bonds is 1. The molecule has 12 heavy (non-hydrogen) atoms. The van der Waals surface area contributed by atoms with Crippen molar-refractivity contribution in [2.24, 2.45) is 0 Å². The fourth-order valence-corrected chi connectivity index (χ4v) is 1.03. The van der Waals surface area contributed by atoms with Crippen molar-refractivity contribution in [3.8, 4) is 0 Å². The first-order chi connectivity index (χ1) is 5.77. The summed E-state index contributed by atoms with van der Waals surface area (Å²) in [7, 11) is 0. The van der Waals surface area contributed by atoms with Crippen LogP contribution in [0.5, 0.6) is 0 Å². The van der Waals surface area contributed by atoms with Crippen molar-refractivity contribution in [2.75, 3.05) is 0 Å². The number of hydrogen-bond acceptors (Lipinski definition) is 3. The van der Waals surface area contributed by atoms with Gasteiger partial charge in [0, 0.05) is 12.1 Å². The van der Waals surface area contributed by atoms with Crippen molar-refractivity contribution < 1.29 is 0 Å². The third-order valence-corrected chi connectivity index (χ3v) is 1.73. The summed E-state index contributed by atoms with van der Waals surface area (Å²) in [6.07, 6.45) is 3.51. The van der Waals surface area contributed by atoms with E-state index >= 15 is 0 Å². The van der Waals surface area contributed by atoms with Crippen LogP contribution in [0.2, 0.25) is 0 Å². The van der Waals surface area contributed by atoms with Gasteiger partial charge in [-0.05, 0) is 0 Å². The Balaban J connectivity index is 2.60. The Morgan fingerprint density at radius 1 is 1.33 bits per heavy atom. The lowest BCUT2D eigenvalue weighted by atomic mass is 10.2. The summed E-state index contributed by atoms with van der Waals surface area (Å²) < 4.78 is 0. The van der Waals surface area contributed by atoms with Crippen LogP contribution in [-0.4, -0.2) is 20.2 Å². The summed E-state index contributed by atoms with van der Waals surface area (Å²) in [6.45, 7) is 4.13. The van der Waals surface area contributed by atoms with Gasteiger partial charge in [0.25, 0.3) is 0 Å². The minimum absolute atomic E-state index is 0.359. The monoisotopic (exact) mass is 162 g/mol. The zero-order valence-electron chi connectivity index (χ0n) is 7.07. The lowest BCUT2D eigenvalue weighted by molar-refractivity contribution is 0.780. The SMILES string of the molecule is CC(C)c1ncc2cn[nH]c2n1. The minimum Gasteiger partial charge on any atom is -0.261 e. The van der Waals surface area contributed by atoms with E-state index in [9.17, 15) is 0 Å². The van der Waals surface area contributed by atoms with E-state index in [4.69, 9.17) is 0 Å². The van der Waals surface area contributed by atoms with Gasteiger partial charge in [-0.3, -0.25) is 5.10 Å². The van der Waals surface area contributed by atoms with Crippen molar-refractivity contribution in [1.29, 1.82) is 0 Å². The highest BCUT2D eigenvalue weighted by Gasteiger charge is 2.04. The van der Waals surface area contributed by atoms with E-state index in [0.29, 0.717) is 5.92 Å². The smallest absolute Gasteiger partial charge is 0.158 e. The molecule has 2 aromatic heterocycles. The zero-order chi connectivity index (χ0) is 8.55. The Morgan fingerprint density at radius 3 is 2.92 bits per heavy atom. The van der Waals surface area contributed by atoms with Crippen molar-refractivity contribution in [1.82, 2.24) is 20.2 Å². The predicted molar refractivity (Wildman–Crippen MR) is 45.8 cm³/mol. The molecule has 2 heterocycles. The van der Waals surface area contributed by atoms with Gasteiger partial charge in [-0.25, -0.2) is 9.97 Å². The van der Waals surface area contributed by atoms with E-state index < -0.39 is 0 Å². The van der Waals surface area contributed by atoms with Gasteiger partial charge in [-0.2, -0.15) is 5.10 Å². The van der Waals surface area contributed by atoms with E-state index in [1.165, 1.54) is 0 Å². The maximum Gasteiger partial charge on any atom is 0.158 e. The van der Waals surface area contributed by atoms with Crippen LogP contribution in [0.3, 0.4) is 0 Å². The quantitative estimate of drug-likeness (QED) is 0.690. The molecule has 0 saturated heterocycles. The highest BCUT2D eigenvalue weighted by Crippen LogP contribution is 2.11. The summed E-state index contributed by atoms with van der Waals surface area (Å²) in [5.74, 6) is 1.21. The van der Waals surface area contributed by atoms with Crippen molar-refractivity contribution in [3.63, 3.8) is 0 Å². The van der Waals surface area contributed by atoms with Crippen LogP contribution in [-0.2, 0) is 0 Å². The number of nitrogens with one attached hydrogen (secondary N) is 1. The maximum absolute atomic E-state index is 4.31. The molecule has 2 aromatic rings. The van der Waals surface area contributed by atoms with Crippen LogP contribution in [0.25, 0.3) is 11.0 Å². The molecule has 1 N–H and O–H groups in total. The molecule has 0 spiro atoms. The average Bonchev–Trinajstić information content (AvgIpc) is 2.49. The van der Waals surface area contributed by atoms with Crippen LogP contribution in [0.1, 0.15) is 25.6 Å². The summed E-state index contributed by atoms with van der Waals surface area (Å²) in [5.41, 5.74) is 0.814. The first kappa shape index (κ1) is 7.21. The van der Waals surface area contributed by atoms with Gasteiger partial charge in [-0.1, -0.05) is 13.8 Å². The second kappa shape index (κ2) is 2.55. The Hall–Kier alpha value is -1.45. The fourth-order valence-electron chi connectivity index (χ4n) is 1.03. The molecule has 0 aliphatic heterocycles. The molecule has 0 unspecified atom stereocenters.